The molecule has 1 fully saturated rings. The number of benzene rings is 2. The van der Waals surface area contributed by atoms with Gasteiger partial charge in [-0.3, -0.25) is 14.2 Å². The second-order valence-electron chi connectivity index (χ2n) is 6.75. The molecule has 0 saturated heterocycles. The summed E-state index contributed by atoms with van der Waals surface area (Å²) >= 11 is 5.72. The molecule has 7 nitrogen and oxygen atoms in total. The topological polar surface area (TPSA) is 93.1 Å². The molecule has 1 heterocycles. The van der Waals surface area contributed by atoms with Crippen molar-refractivity contribution in [1.82, 2.24) is 9.78 Å². The van der Waals surface area contributed by atoms with Gasteiger partial charge in [-0.05, 0) is 43.2 Å². The zero-order valence-electron chi connectivity index (χ0n) is 15.0. The number of carbonyl (C=O) groups excluding carboxylic acids is 1. The first-order valence-electron chi connectivity index (χ1n) is 8.60. The Balaban J connectivity index is 1.68. The highest BCUT2D eigenvalue weighted by Crippen LogP contribution is 2.32. The molecular weight excluding hydrogens is 426 g/mol. The molecule has 1 aliphatic rings. The van der Waals surface area contributed by atoms with Crippen LogP contribution in [0.1, 0.15) is 23.3 Å². The zero-order chi connectivity index (χ0) is 20.9. The van der Waals surface area contributed by atoms with E-state index in [0.29, 0.717) is 12.8 Å². The minimum absolute atomic E-state index is 0.0518. The summed E-state index contributed by atoms with van der Waals surface area (Å²) in [6.07, 6.45) is 1.08. The van der Waals surface area contributed by atoms with E-state index in [0.717, 1.165) is 12.1 Å². The van der Waals surface area contributed by atoms with Gasteiger partial charge in [0.2, 0.25) is 10.0 Å². The van der Waals surface area contributed by atoms with Crippen LogP contribution in [0.3, 0.4) is 0 Å². The summed E-state index contributed by atoms with van der Waals surface area (Å²) < 4.78 is 55.5. The van der Waals surface area contributed by atoms with Gasteiger partial charge < -0.3 is 5.32 Å². The van der Waals surface area contributed by atoms with Gasteiger partial charge in [0.05, 0.1) is 21.5 Å². The summed E-state index contributed by atoms with van der Waals surface area (Å²) in [7, 11) is -2.15. The molecule has 0 spiro atoms. The minimum Gasteiger partial charge on any atom is -0.321 e. The first-order valence-corrected chi connectivity index (χ1v) is 10.5. The van der Waals surface area contributed by atoms with Crippen molar-refractivity contribution >= 4 is 49.8 Å². The maximum absolute atomic E-state index is 14.6. The molecule has 1 aliphatic carbocycles. The highest BCUT2D eigenvalue weighted by molar-refractivity contribution is 7.93. The number of anilines is 2. The molecule has 2 aromatic carbocycles. The number of hydrogen-bond donors (Lipinski definition) is 2. The molecule has 152 valence electrons. The average molecular weight is 441 g/mol. The zero-order valence-corrected chi connectivity index (χ0v) is 16.6. The molecule has 0 bridgehead atoms. The van der Waals surface area contributed by atoms with E-state index in [4.69, 9.17) is 11.6 Å². The number of aryl methyl sites for hydroxylation is 1. The predicted octanol–water partition coefficient (Wildman–Crippen LogP) is 3.66. The van der Waals surface area contributed by atoms with Crippen molar-refractivity contribution < 1.29 is 22.0 Å². The first kappa shape index (κ1) is 19.6. The van der Waals surface area contributed by atoms with Crippen molar-refractivity contribution in [1.29, 1.82) is 0 Å². The number of hydrogen-bond acceptors (Lipinski definition) is 4. The van der Waals surface area contributed by atoms with Gasteiger partial charge in [0.25, 0.3) is 5.91 Å². The van der Waals surface area contributed by atoms with E-state index >= 15 is 0 Å². The van der Waals surface area contributed by atoms with E-state index < -0.39 is 32.8 Å². The first-order chi connectivity index (χ1) is 13.7. The summed E-state index contributed by atoms with van der Waals surface area (Å²) in [6, 6.07) is 5.99. The molecule has 1 aromatic heterocycles. The van der Waals surface area contributed by atoms with Crippen LogP contribution in [0.15, 0.2) is 30.3 Å². The molecule has 0 radical (unpaired) electrons. The van der Waals surface area contributed by atoms with Gasteiger partial charge >= 0.3 is 0 Å². The Bertz CT molecular complexity index is 1260. The van der Waals surface area contributed by atoms with Crippen LogP contribution in [0.5, 0.6) is 0 Å². The second-order valence-corrected chi connectivity index (χ2v) is 9.12. The SMILES string of the molecule is Cn1nc2cc(NS(=O)(=O)C3CC3)c(F)cc2c1C(=O)Nc1ccc(F)c(Cl)c1. The summed E-state index contributed by atoms with van der Waals surface area (Å²) in [5.74, 6) is -2.06. The number of rotatable bonds is 5. The fraction of sp³-hybridized carbons (Fsp3) is 0.222. The monoisotopic (exact) mass is 440 g/mol. The van der Waals surface area contributed by atoms with Gasteiger partial charge in [0, 0.05) is 18.1 Å². The summed E-state index contributed by atoms with van der Waals surface area (Å²) in [5, 5.41) is 6.26. The number of fused-ring (bicyclic) bond motifs is 1. The third-order valence-corrected chi connectivity index (χ3v) is 6.67. The number of aromatic nitrogens is 2. The third kappa shape index (κ3) is 3.77. The molecule has 4 rings (SSSR count). The number of halogens is 3. The van der Waals surface area contributed by atoms with Gasteiger partial charge in [0.15, 0.2) is 0 Å². The van der Waals surface area contributed by atoms with Crippen LogP contribution in [-0.2, 0) is 17.1 Å². The van der Waals surface area contributed by atoms with Gasteiger partial charge in [-0.15, -0.1) is 0 Å². The van der Waals surface area contributed by atoms with E-state index in [2.05, 4.69) is 15.1 Å². The summed E-state index contributed by atoms with van der Waals surface area (Å²) in [4.78, 5) is 12.7. The van der Waals surface area contributed by atoms with Crippen LogP contribution in [0, 0.1) is 11.6 Å². The van der Waals surface area contributed by atoms with Crippen molar-refractivity contribution in [3.63, 3.8) is 0 Å². The van der Waals surface area contributed by atoms with E-state index in [1.54, 1.807) is 0 Å². The Morgan fingerprint density at radius 1 is 1.21 bits per heavy atom. The number of carbonyl (C=O) groups is 1. The molecule has 0 atom stereocenters. The van der Waals surface area contributed by atoms with Crippen LogP contribution in [0.2, 0.25) is 5.02 Å². The van der Waals surface area contributed by atoms with Gasteiger partial charge in [-0.25, -0.2) is 17.2 Å². The Morgan fingerprint density at radius 2 is 1.93 bits per heavy atom. The van der Waals surface area contributed by atoms with E-state index in [1.807, 2.05) is 0 Å². The van der Waals surface area contributed by atoms with Crippen molar-refractivity contribution in [2.45, 2.75) is 18.1 Å². The lowest BCUT2D eigenvalue weighted by molar-refractivity contribution is 0.101. The number of amides is 1. The Hall–Kier alpha value is -2.72. The van der Waals surface area contributed by atoms with E-state index in [-0.39, 0.29) is 33.0 Å². The van der Waals surface area contributed by atoms with Crippen molar-refractivity contribution in [2.75, 3.05) is 10.0 Å². The molecule has 1 saturated carbocycles. The van der Waals surface area contributed by atoms with Crippen LogP contribution in [-0.4, -0.2) is 29.4 Å². The Labute approximate surface area is 169 Å². The molecule has 0 unspecified atom stereocenters. The molecule has 3 aromatic rings. The van der Waals surface area contributed by atoms with Crippen LogP contribution in [0.4, 0.5) is 20.2 Å². The van der Waals surface area contributed by atoms with Crippen molar-refractivity contribution in [3.8, 4) is 0 Å². The lowest BCUT2D eigenvalue weighted by atomic mass is 10.1. The highest BCUT2D eigenvalue weighted by Gasteiger charge is 2.36. The molecule has 29 heavy (non-hydrogen) atoms. The predicted molar refractivity (Wildman–Crippen MR) is 106 cm³/mol. The van der Waals surface area contributed by atoms with Crippen LogP contribution < -0.4 is 10.0 Å². The lowest BCUT2D eigenvalue weighted by Crippen LogP contribution is -2.18. The summed E-state index contributed by atoms with van der Waals surface area (Å²) in [6.45, 7) is 0. The summed E-state index contributed by atoms with van der Waals surface area (Å²) in [5.41, 5.74) is 0.324. The maximum atomic E-state index is 14.6. The van der Waals surface area contributed by atoms with Crippen LogP contribution in [0.25, 0.3) is 10.9 Å². The minimum atomic E-state index is -3.65. The largest absolute Gasteiger partial charge is 0.321 e. The third-order valence-electron chi connectivity index (χ3n) is 4.53. The lowest BCUT2D eigenvalue weighted by Gasteiger charge is -2.09. The molecular formula is C18H15ClF2N4O3S. The Morgan fingerprint density at radius 3 is 2.59 bits per heavy atom. The van der Waals surface area contributed by atoms with Gasteiger partial charge in [-0.2, -0.15) is 5.10 Å². The molecule has 1 amide bonds. The fourth-order valence-electron chi connectivity index (χ4n) is 2.95. The van der Waals surface area contributed by atoms with E-state index in [1.165, 1.54) is 29.9 Å². The van der Waals surface area contributed by atoms with Crippen molar-refractivity contribution in [2.24, 2.45) is 7.05 Å². The molecule has 0 aliphatic heterocycles. The number of nitrogens with one attached hydrogen (secondary N) is 2. The van der Waals surface area contributed by atoms with E-state index in [9.17, 15) is 22.0 Å². The quantitative estimate of drug-likeness (QED) is 0.633. The van der Waals surface area contributed by atoms with Crippen LogP contribution >= 0.6 is 11.6 Å². The maximum Gasteiger partial charge on any atom is 0.274 e. The fourth-order valence-corrected chi connectivity index (χ4v) is 4.51. The van der Waals surface area contributed by atoms with Gasteiger partial charge in [0.1, 0.15) is 17.3 Å². The Kier molecular flexibility index (Phi) is 4.70. The smallest absolute Gasteiger partial charge is 0.274 e. The normalized spacial score (nSPS) is 14.2. The molecule has 11 heteroatoms. The average Bonchev–Trinajstić information content (AvgIpc) is 3.43. The van der Waals surface area contributed by atoms with Crippen molar-refractivity contribution in [3.05, 3.63) is 52.7 Å². The second kappa shape index (κ2) is 6.96. The van der Waals surface area contributed by atoms with Gasteiger partial charge in [-0.1, -0.05) is 11.6 Å². The standard InChI is InChI=1S/C18H15ClF2N4O3S/c1-25-17(18(26)22-9-2-5-13(20)12(19)6-9)11-7-14(21)16(8-15(11)23-25)24-29(27,28)10-3-4-10/h2,5-8,10,24H,3-4H2,1H3,(H,22,26). The number of sulfonamides is 1. The number of nitrogens with zero attached hydrogens (tertiary/aromatic N) is 2. The highest BCUT2D eigenvalue weighted by atomic mass is 35.5. The molecule has 2 N–H and O–H groups in total.